The summed E-state index contributed by atoms with van der Waals surface area (Å²) in [6.45, 7) is 1.76. The first kappa shape index (κ1) is 20.8. The Morgan fingerprint density at radius 2 is 1.29 bits per heavy atom. The number of rotatable bonds is 5. The number of halogens is 1. The summed E-state index contributed by atoms with van der Waals surface area (Å²) in [5.41, 5.74) is -10.3. The van der Waals surface area contributed by atoms with Crippen molar-refractivity contribution >= 4 is 34.7 Å². The summed E-state index contributed by atoms with van der Waals surface area (Å²) in [5.74, 6) is -5.31. The van der Waals surface area contributed by atoms with E-state index in [9.17, 15) is 39.6 Å². The summed E-state index contributed by atoms with van der Waals surface area (Å²) in [5, 5.41) is 38.8. The number of aliphatic hydroxyl groups excluding tert-OH is 1. The van der Waals surface area contributed by atoms with Crippen molar-refractivity contribution in [3.05, 3.63) is 0 Å². The van der Waals surface area contributed by atoms with E-state index in [2.05, 4.69) is 0 Å². The predicted octanol–water partition coefficient (Wildman–Crippen LogP) is -2.14. The minimum Gasteiger partial charge on any atom is -0.394 e. The van der Waals surface area contributed by atoms with Crippen molar-refractivity contribution in [1.82, 2.24) is 0 Å². The Kier molecular flexibility index (Phi) is 5.15. The summed E-state index contributed by atoms with van der Waals surface area (Å²) in [6, 6.07) is 0. The fraction of sp³-hybridized carbons (Fsp3) is 0.714. The van der Waals surface area contributed by atoms with E-state index in [-0.39, 0.29) is 0 Å². The van der Waals surface area contributed by atoms with Crippen LogP contribution in [0.25, 0.3) is 0 Å². The third-order valence-corrected chi connectivity index (χ3v) is 5.11. The van der Waals surface area contributed by atoms with Crippen LogP contribution in [0.1, 0.15) is 27.7 Å². The lowest BCUT2D eigenvalue weighted by Gasteiger charge is -2.59. The van der Waals surface area contributed by atoms with Gasteiger partial charge in [0.15, 0.2) is 28.7 Å². The predicted molar refractivity (Wildman–Crippen MR) is 78.1 cm³/mol. The molecule has 1 fully saturated rings. The highest BCUT2D eigenvalue weighted by molar-refractivity contribution is 6.37. The van der Waals surface area contributed by atoms with Gasteiger partial charge in [-0.15, -0.1) is 0 Å². The van der Waals surface area contributed by atoms with Crippen LogP contribution in [0, 0.1) is 0 Å². The average Bonchev–Trinajstić information content (AvgIpc) is 2.47. The molecule has 1 heterocycles. The van der Waals surface area contributed by atoms with Crippen molar-refractivity contribution in [3.8, 4) is 0 Å². The van der Waals surface area contributed by atoms with Crippen molar-refractivity contribution in [2.75, 3.05) is 6.61 Å². The fourth-order valence-corrected chi connectivity index (χ4v) is 3.48. The van der Waals surface area contributed by atoms with Gasteiger partial charge in [0.2, 0.25) is 16.3 Å². The first-order chi connectivity index (χ1) is 10.7. The number of alkyl halides is 1. The third kappa shape index (κ3) is 2.06. The molecule has 1 saturated heterocycles. The van der Waals surface area contributed by atoms with E-state index in [0.717, 1.165) is 13.8 Å². The van der Waals surface area contributed by atoms with Crippen LogP contribution in [-0.2, 0) is 23.9 Å². The van der Waals surface area contributed by atoms with Crippen molar-refractivity contribution in [1.29, 1.82) is 0 Å². The Morgan fingerprint density at radius 3 is 1.54 bits per heavy atom. The maximum atomic E-state index is 12.2. The molecule has 1 rings (SSSR count). The van der Waals surface area contributed by atoms with Gasteiger partial charge in [-0.3, -0.25) is 19.2 Å². The average molecular weight is 367 g/mol. The van der Waals surface area contributed by atoms with E-state index < -0.39 is 57.7 Å². The van der Waals surface area contributed by atoms with Gasteiger partial charge in [0.25, 0.3) is 0 Å². The second-order valence-corrected chi connectivity index (χ2v) is 6.33. The van der Waals surface area contributed by atoms with Gasteiger partial charge in [-0.25, -0.2) is 0 Å². The molecule has 0 aromatic heterocycles. The Balaban J connectivity index is 4.05. The molecule has 1 aliphatic heterocycles. The van der Waals surface area contributed by atoms with Gasteiger partial charge >= 0.3 is 0 Å². The van der Waals surface area contributed by atoms with Crippen LogP contribution in [0.2, 0.25) is 0 Å². The topological polar surface area (TPSA) is 158 Å². The van der Waals surface area contributed by atoms with E-state index >= 15 is 0 Å². The van der Waals surface area contributed by atoms with E-state index in [0.29, 0.717) is 13.8 Å². The molecule has 0 spiro atoms. The van der Waals surface area contributed by atoms with E-state index in [1.807, 2.05) is 0 Å². The highest BCUT2D eigenvalue weighted by Crippen LogP contribution is 2.53. The lowest BCUT2D eigenvalue weighted by molar-refractivity contribution is -0.325. The number of carbonyl (C=O) groups excluding carboxylic acids is 4. The summed E-state index contributed by atoms with van der Waals surface area (Å²) in [7, 11) is 0. The Hall–Kier alpha value is -1.23. The zero-order valence-electron chi connectivity index (χ0n) is 13.5. The van der Waals surface area contributed by atoms with Crippen LogP contribution in [0.15, 0.2) is 0 Å². The molecular formula is C14H19ClO9. The minimum absolute atomic E-state index is 0.680. The molecule has 4 N–H and O–H groups in total. The van der Waals surface area contributed by atoms with E-state index in [1.54, 1.807) is 0 Å². The Labute approximate surface area is 142 Å². The van der Waals surface area contributed by atoms with Gasteiger partial charge in [0, 0.05) is 0 Å². The minimum atomic E-state index is -3.54. The van der Waals surface area contributed by atoms with Gasteiger partial charge in [0.05, 0.1) is 6.61 Å². The van der Waals surface area contributed by atoms with Gasteiger partial charge < -0.3 is 25.2 Å². The SMILES string of the molecule is CC(=O)[C@@]1(O)[C@](O)(C(C)=O)[C@@](O)(C(C)=O)[C@@H](CO)O[C@@]1(Cl)C(C)=O. The lowest BCUT2D eigenvalue weighted by atomic mass is 9.58. The molecule has 0 unspecified atom stereocenters. The molecule has 9 nitrogen and oxygen atoms in total. The normalized spacial score (nSPS) is 42.5. The Morgan fingerprint density at radius 1 is 0.875 bits per heavy atom. The zero-order valence-corrected chi connectivity index (χ0v) is 14.2. The smallest absolute Gasteiger partial charge is 0.240 e. The molecule has 0 radical (unpaired) electrons. The van der Waals surface area contributed by atoms with Crippen LogP contribution >= 0.6 is 11.6 Å². The number of ketones is 4. The Bertz CT molecular complexity index is 619. The number of hydrogen-bond acceptors (Lipinski definition) is 9. The molecule has 0 aromatic rings. The molecule has 24 heavy (non-hydrogen) atoms. The van der Waals surface area contributed by atoms with Crippen LogP contribution in [0.5, 0.6) is 0 Å². The highest BCUT2D eigenvalue weighted by Gasteiger charge is 2.83. The monoisotopic (exact) mass is 366 g/mol. The molecular weight excluding hydrogens is 348 g/mol. The van der Waals surface area contributed by atoms with Crippen molar-refractivity contribution in [2.24, 2.45) is 0 Å². The summed E-state index contributed by atoms with van der Waals surface area (Å²) in [4.78, 5) is 48.2. The molecule has 0 aliphatic carbocycles. The first-order valence-corrected chi connectivity index (χ1v) is 7.26. The van der Waals surface area contributed by atoms with E-state index in [4.69, 9.17) is 16.3 Å². The zero-order chi connectivity index (χ0) is 19.3. The molecule has 0 bridgehead atoms. The largest absolute Gasteiger partial charge is 0.394 e. The maximum absolute atomic E-state index is 12.2. The first-order valence-electron chi connectivity index (χ1n) is 6.88. The van der Waals surface area contributed by atoms with Gasteiger partial charge in [-0.1, -0.05) is 11.6 Å². The van der Waals surface area contributed by atoms with Gasteiger partial charge in [-0.2, -0.15) is 0 Å². The molecule has 5 atom stereocenters. The molecule has 136 valence electrons. The van der Waals surface area contributed by atoms with Crippen molar-refractivity contribution in [2.45, 2.75) is 55.7 Å². The summed E-state index contributed by atoms with van der Waals surface area (Å²) >= 11 is 5.96. The number of Topliss-reactive ketones (excluding diaryl/α,β-unsaturated/α-hetero) is 4. The summed E-state index contributed by atoms with van der Waals surface area (Å²) < 4.78 is 5.00. The van der Waals surface area contributed by atoms with Crippen LogP contribution in [0.4, 0.5) is 0 Å². The standard InChI is InChI=1S/C14H19ClO9/c1-6(17)11(21)10(5-16)24-14(15,9(4)20)13(23,8(3)19)12(11,22)7(2)18/h10,16,21-23H,5H2,1-4H3/t10-,11-,12+,13-,14+/m1/s1. The molecule has 1 aliphatic rings. The number of hydrogen-bond donors (Lipinski definition) is 4. The van der Waals surface area contributed by atoms with E-state index in [1.165, 1.54) is 0 Å². The van der Waals surface area contributed by atoms with Gasteiger partial charge in [-0.05, 0) is 27.7 Å². The maximum Gasteiger partial charge on any atom is 0.240 e. The highest BCUT2D eigenvalue weighted by atomic mass is 35.5. The second kappa shape index (κ2) is 5.94. The van der Waals surface area contributed by atoms with Crippen molar-refractivity contribution in [3.63, 3.8) is 0 Å². The van der Waals surface area contributed by atoms with Crippen LogP contribution in [0.3, 0.4) is 0 Å². The second-order valence-electron chi connectivity index (χ2n) is 5.80. The fourth-order valence-electron chi connectivity index (χ4n) is 3.10. The molecule has 0 aromatic carbocycles. The molecule has 10 heteroatoms. The van der Waals surface area contributed by atoms with Crippen molar-refractivity contribution < 1.29 is 44.3 Å². The number of ether oxygens (including phenoxy) is 1. The molecule has 0 amide bonds. The third-order valence-electron chi connectivity index (χ3n) is 4.49. The quantitative estimate of drug-likeness (QED) is 0.398. The number of aliphatic hydroxyl groups is 4. The lowest BCUT2D eigenvalue weighted by Crippen LogP contribution is -2.89. The van der Waals surface area contributed by atoms with Crippen LogP contribution in [-0.4, -0.2) is 78.1 Å². The molecule has 0 saturated carbocycles. The number of carbonyl (C=O) groups is 4. The van der Waals surface area contributed by atoms with Gasteiger partial charge in [0.1, 0.15) is 6.10 Å². The van der Waals surface area contributed by atoms with Crippen LogP contribution < -0.4 is 0 Å². The summed E-state index contributed by atoms with van der Waals surface area (Å²) in [6.07, 6.45) is -2.06.